The number of carbonyl (C=O) groups is 2. The van der Waals surface area contributed by atoms with Gasteiger partial charge in [-0.2, -0.15) is 0 Å². The molecular formula is C21H22N4O4S2. The van der Waals surface area contributed by atoms with E-state index in [4.69, 9.17) is 9.47 Å². The lowest BCUT2D eigenvalue weighted by atomic mass is 10.2. The van der Waals surface area contributed by atoms with Crippen molar-refractivity contribution in [2.24, 2.45) is 0 Å². The van der Waals surface area contributed by atoms with E-state index in [2.05, 4.69) is 15.3 Å². The lowest BCUT2D eigenvalue weighted by Gasteiger charge is -2.23. The third-order valence-electron chi connectivity index (χ3n) is 5.10. The van der Waals surface area contributed by atoms with E-state index in [0.717, 1.165) is 12.0 Å². The maximum atomic E-state index is 13.3. The maximum absolute atomic E-state index is 13.3. The Morgan fingerprint density at radius 2 is 2.03 bits per heavy atom. The van der Waals surface area contributed by atoms with Gasteiger partial charge in [0.15, 0.2) is 16.6 Å². The highest BCUT2D eigenvalue weighted by molar-refractivity contribution is 7.17. The van der Waals surface area contributed by atoms with E-state index in [9.17, 15) is 9.59 Å². The van der Waals surface area contributed by atoms with Crippen molar-refractivity contribution in [3.8, 4) is 22.1 Å². The first-order chi connectivity index (χ1) is 15.0. The van der Waals surface area contributed by atoms with Crippen molar-refractivity contribution in [2.75, 3.05) is 26.1 Å². The number of nitrogens with zero attached hydrogens (tertiary/aromatic N) is 3. The van der Waals surface area contributed by atoms with E-state index < -0.39 is 6.04 Å². The second kappa shape index (κ2) is 9.03. The van der Waals surface area contributed by atoms with E-state index in [1.54, 1.807) is 30.7 Å². The van der Waals surface area contributed by atoms with Crippen LogP contribution < -0.4 is 14.8 Å². The number of nitrogens with one attached hydrogen (secondary N) is 1. The first-order valence-electron chi connectivity index (χ1n) is 9.73. The van der Waals surface area contributed by atoms with Gasteiger partial charge in [0.25, 0.3) is 5.91 Å². The van der Waals surface area contributed by atoms with Crippen molar-refractivity contribution < 1.29 is 19.1 Å². The van der Waals surface area contributed by atoms with E-state index in [-0.39, 0.29) is 11.8 Å². The average Bonchev–Trinajstić information content (AvgIpc) is 3.53. The fraction of sp³-hybridized carbons (Fsp3) is 0.333. The highest BCUT2D eigenvalue weighted by atomic mass is 32.1. The Labute approximate surface area is 187 Å². The number of hydrogen-bond donors (Lipinski definition) is 1. The van der Waals surface area contributed by atoms with Gasteiger partial charge in [-0.05, 0) is 38.0 Å². The highest BCUT2D eigenvalue weighted by Crippen LogP contribution is 2.36. The molecule has 0 spiro atoms. The molecular weight excluding hydrogens is 436 g/mol. The summed E-state index contributed by atoms with van der Waals surface area (Å²) in [5.41, 5.74) is 1.48. The molecule has 1 aliphatic rings. The minimum Gasteiger partial charge on any atom is -0.493 e. The van der Waals surface area contributed by atoms with Crippen LogP contribution in [0.25, 0.3) is 10.6 Å². The molecule has 2 amide bonds. The molecule has 8 nitrogen and oxygen atoms in total. The van der Waals surface area contributed by atoms with Crippen molar-refractivity contribution in [1.29, 1.82) is 0 Å². The number of methoxy groups -OCH3 is 2. The van der Waals surface area contributed by atoms with Crippen LogP contribution in [0.5, 0.6) is 11.5 Å². The van der Waals surface area contributed by atoms with Gasteiger partial charge in [0.2, 0.25) is 5.91 Å². The SMILES string of the molecule is COc1ccc(-c2nc(C)c(C(=O)N3CCCC3C(=O)Nc3nccs3)s2)cc1OC. The number of aromatic nitrogens is 2. The molecule has 3 aromatic rings. The van der Waals surface area contributed by atoms with Crippen molar-refractivity contribution >= 4 is 39.6 Å². The highest BCUT2D eigenvalue weighted by Gasteiger charge is 2.36. The normalized spacial score (nSPS) is 15.7. The minimum absolute atomic E-state index is 0.168. The van der Waals surface area contributed by atoms with Gasteiger partial charge >= 0.3 is 0 Å². The molecule has 4 rings (SSSR count). The van der Waals surface area contributed by atoms with Crippen molar-refractivity contribution in [1.82, 2.24) is 14.9 Å². The van der Waals surface area contributed by atoms with Gasteiger partial charge in [0, 0.05) is 23.7 Å². The molecule has 0 radical (unpaired) electrons. The molecule has 0 saturated carbocycles. The zero-order chi connectivity index (χ0) is 22.0. The van der Waals surface area contributed by atoms with Gasteiger partial charge in [-0.15, -0.1) is 22.7 Å². The van der Waals surface area contributed by atoms with Crippen LogP contribution >= 0.6 is 22.7 Å². The van der Waals surface area contributed by atoms with Crippen LogP contribution in [0, 0.1) is 6.92 Å². The number of anilines is 1. The van der Waals surface area contributed by atoms with Crippen LogP contribution in [0.1, 0.15) is 28.2 Å². The number of carbonyl (C=O) groups excluding carboxylic acids is 2. The van der Waals surface area contributed by atoms with Gasteiger partial charge in [0.1, 0.15) is 15.9 Å². The Bertz CT molecular complexity index is 1100. The van der Waals surface area contributed by atoms with Crippen molar-refractivity contribution in [3.05, 3.63) is 40.3 Å². The Morgan fingerprint density at radius 3 is 2.74 bits per heavy atom. The third kappa shape index (κ3) is 4.26. The zero-order valence-electron chi connectivity index (χ0n) is 17.4. The zero-order valence-corrected chi connectivity index (χ0v) is 19.0. The summed E-state index contributed by atoms with van der Waals surface area (Å²) in [4.78, 5) is 36.9. The summed E-state index contributed by atoms with van der Waals surface area (Å²) in [6.45, 7) is 2.35. The lowest BCUT2D eigenvalue weighted by molar-refractivity contribution is -0.119. The summed E-state index contributed by atoms with van der Waals surface area (Å²) in [5.74, 6) is 0.850. The van der Waals surface area contributed by atoms with Crippen LogP contribution in [0.3, 0.4) is 0 Å². The predicted octanol–water partition coefficient (Wildman–Crippen LogP) is 3.84. The fourth-order valence-corrected chi connectivity index (χ4v) is 5.12. The number of aryl methyl sites for hydroxylation is 1. The second-order valence-corrected chi connectivity index (χ2v) is 8.88. The van der Waals surface area contributed by atoms with E-state index in [0.29, 0.717) is 45.2 Å². The molecule has 0 bridgehead atoms. The summed E-state index contributed by atoms with van der Waals surface area (Å²) < 4.78 is 10.7. The van der Waals surface area contributed by atoms with Crippen molar-refractivity contribution in [2.45, 2.75) is 25.8 Å². The largest absolute Gasteiger partial charge is 0.493 e. The lowest BCUT2D eigenvalue weighted by Crippen LogP contribution is -2.43. The number of rotatable bonds is 6. The van der Waals surface area contributed by atoms with E-state index in [1.807, 2.05) is 25.1 Å². The fourth-order valence-electron chi connectivity index (χ4n) is 3.57. The molecule has 1 aromatic carbocycles. The molecule has 0 aliphatic carbocycles. The number of ether oxygens (including phenoxy) is 2. The number of thiazole rings is 2. The Kier molecular flexibility index (Phi) is 6.19. The first kappa shape index (κ1) is 21.3. The standard InChI is InChI=1S/C21H22N4O4S2/c1-12-17(31-19(23-12)13-6-7-15(28-2)16(11-13)29-3)20(27)25-9-4-5-14(25)18(26)24-21-22-8-10-30-21/h6-8,10-11,14H,4-5,9H2,1-3H3,(H,22,24,26). The minimum atomic E-state index is -0.512. The van der Waals surface area contributed by atoms with Gasteiger partial charge in [-0.25, -0.2) is 9.97 Å². The number of benzene rings is 1. The number of amides is 2. The average molecular weight is 459 g/mol. The molecule has 3 heterocycles. The van der Waals surface area contributed by atoms with Gasteiger partial charge in [-0.3, -0.25) is 9.59 Å². The maximum Gasteiger partial charge on any atom is 0.266 e. The topological polar surface area (TPSA) is 93.7 Å². The molecule has 31 heavy (non-hydrogen) atoms. The third-order valence-corrected chi connectivity index (χ3v) is 6.98. The van der Waals surface area contributed by atoms with E-state index in [1.165, 1.54) is 22.7 Å². The summed E-state index contributed by atoms with van der Waals surface area (Å²) in [6, 6.07) is 5.02. The quantitative estimate of drug-likeness (QED) is 0.603. The number of hydrogen-bond acceptors (Lipinski definition) is 8. The molecule has 1 fully saturated rings. The summed E-state index contributed by atoms with van der Waals surface area (Å²) in [6.07, 6.45) is 3.04. The smallest absolute Gasteiger partial charge is 0.266 e. The Morgan fingerprint density at radius 1 is 1.23 bits per heavy atom. The van der Waals surface area contributed by atoms with Gasteiger partial charge in [0.05, 0.1) is 19.9 Å². The summed E-state index contributed by atoms with van der Waals surface area (Å²) >= 11 is 2.67. The molecule has 2 aromatic heterocycles. The predicted molar refractivity (Wildman–Crippen MR) is 120 cm³/mol. The molecule has 1 saturated heterocycles. The van der Waals surface area contributed by atoms with E-state index >= 15 is 0 Å². The Balaban J connectivity index is 1.56. The van der Waals surface area contributed by atoms with Gasteiger partial charge < -0.3 is 19.7 Å². The van der Waals surface area contributed by atoms with Crippen LogP contribution in [0.4, 0.5) is 5.13 Å². The molecule has 1 N–H and O–H groups in total. The monoisotopic (exact) mass is 458 g/mol. The van der Waals surface area contributed by atoms with Crippen LogP contribution in [-0.4, -0.2) is 53.5 Å². The summed E-state index contributed by atoms with van der Waals surface area (Å²) in [7, 11) is 3.16. The molecule has 1 aliphatic heterocycles. The first-order valence-corrected chi connectivity index (χ1v) is 11.4. The number of likely N-dealkylation sites (tertiary alicyclic amines) is 1. The Hall–Kier alpha value is -2.98. The van der Waals surface area contributed by atoms with Gasteiger partial charge in [-0.1, -0.05) is 0 Å². The van der Waals surface area contributed by atoms with Crippen LogP contribution in [0.2, 0.25) is 0 Å². The molecule has 162 valence electrons. The summed E-state index contributed by atoms with van der Waals surface area (Å²) in [5, 5.41) is 5.85. The van der Waals surface area contributed by atoms with Crippen molar-refractivity contribution in [3.63, 3.8) is 0 Å². The second-order valence-electron chi connectivity index (χ2n) is 6.99. The van der Waals surface area contributed by atoms with Crippen LogP contribution in [-0.2, 0) is 4.79 Å². The molecule has 10 heteroatoms. The molecule has 1 atom stereocenters. The molecule has 1 unspecified atom stereocenters. The van der Waals surface area contributed by atoms with Crippen LogP contribution in [0.15, 0.2) is 29.8 Å².